The predicted octanol–water partition coefficient (Wildman–Crippen LogP) is 3.10. The van der Waals surface area contributed by atoms with Crippen LogP contribution >= 0.6 is 0 Å². The van der Waals surface area contributed by atoms with Crippen LogP contribution in [0.5, 0.6) is 0 Å². The molecule has 1 rings (SSSR count). The normalized spacial score (nSPS) is 13.7. The number of hydrogen-bond acceptors (Lipinski definition) is 3. The molecule has 2 atom stereocenters. The number of anilines is 1. The average molecular weight is 245 g/mol. The highest BCUT2D eigenvalue weighted by Crippen LogP contribution is 2.21. The van der Waals surface area contributed by atoms with Crippen molar-refractivity contribution >= 4 is 5.69 Å². The summed E-state index contributed by atoms with van der Waals surface area (Å²) in [6.07, 6.45) is 1.63. The van der Waals surface area contributed by atoms with Gasteiger partial charge < -0.3 is 10.2 Å². The Morgan fingerprint density at radius 2 is 1.94 bits per heavy atom. The highest BCUT2D eigenvalue weighted by atomic mass is 15.1. The minimum Gasteiger partial charge on any atom is -0.371 e. The van der Waals surface area contributed by atoms with Crippen LogP contribution in [0.4, 0.5) is 5.69 Å². The maximum Gasteiger partial charge on any atom is 0.0643 e. The van der Waals surface area contributed by atoms with E-state index < -0.39 is 0 Å². The SMILES string of the molecule is CCC(NC)c1ccc(N(C)C(C)CC#N)cc1. The molecule has 2 unspecified atom stereocenters. The third kappa shape index (κ3) is 3.48. The van der Waals surface area contributed by atoms with Crippen molar-refractivity contribution in [3.63, 3.8) is 0 Å². The number of nitrogens with zero attached hydrogens (tertiary/aromatic N) is 2. The topological polar surface area (TPSA) is 39.1 Å². The molecule has 18 heavy (non-hydrogen) atoms. The van der Waals surface area contributed by atoms with Gasteiger partial charge in [0.05, 0.1) is 12.5 Å². The van der Waals surface area contributed by atoms with E-state index in [1.807, 2.05) is 14.1 Å². The van der Waals surface area contributed by atoms with E-state index in [1.54, 1.807) is 0 Å². The maximum atomic E-state index is 8.73. The lowest BCUT2D eigenvalue weighted by Crippen LogP contribution is -2.28. The first-order valence-corrected chi connectivity index (χ1v) is 6.51. The number of hydrogen-bond donors (Lipinski definition) is 1. The average Bonchev–Trinajstić information content (AvgIpc) is 2.40. The minimum atomic E-state index is 0.243. The molecular weight excluding hydrogens is 222 g/mol. The van der Waals surface area contributed by atoms with E-state index in [0.717, 1.165) is 12.1 Å². The third-order valence-corrected chi connectivity index (χ3v) is 3.51. The van der Waals surface area contributed by atoms with Gasteiger partial charge in [0.2, 0.25) is 0 Å². The van der Waals surface area contributed by atoms with E-state index in [0.29, 0.717) is 12.5 Å². The number of benzene rings is 1. The molecule has 1 aromatic carbocycles. The number of nitrogens with one attached hydrogen (secondary N) is 1. The molecule has 0 fully saturated rings. The van der Waals surface area contributed by atoms with Crippen LogP contribution in [0.1, 0.15) is 38.3 Å². The Bertz CT molecular complexity index is 387. The van der Waals surface area contributed by atoms with Crippen LogP contribution in [0.15, 0.2) is 24.3 Å². The fourth-order valence-electron chi connectivity index (χ4n) is 2.07. The van der Waals surface area contributed by atoms with Crippen molar-refractivity contribution in [2.45, 2.75) is 38.8 Å². The van der Waals surface area contributed by atoms with E-state index >= 15 is 0 Å². The van der Waals surface area contributed by atoms with Gasteiger partial charge in [-0.3, -0.25) is 0 Å². The van der Waals surface area contributed by atoms with Gasteiger partial charge in [-0.15, -0.1) is 0 Å². The second-order valence-corrected chi connectivity index (χ2v) is 4.66. The molecule has 0 aliphatic rings. The highest BCUT2D eigenvalue weighted by molar-refractivity contribution is 5.48. The molecule has 3 heteroatoms. The van der Waals surface area contributed by atoms with Gasteiger partial charge in [0, 0.05) is 24.8 Å². The highest BCUT2D eigenvalue weighted by Gasteiger charge is 2.11. The van der Waals surface area contributed by atoms with Crippen LogP contribution in [-0.4, -0.2) is 20.1 Å². The second kappa shape index (κ2) is 7.03. The summed E-state index contributed by atoms with van der Waals surface area (Å²) in [4.78, 5) is 2.15. The van der Waals surface area contributed by atoms with Gasteiger partial charge in [-0.2, -0.15) is 5.26 Å². The Morgan fingerprint density at radius 3 is 2.39 bits per heavy atom. The summed E-state index contributed by atoms with van der Waals surface area (Å²) in [7, 11) is 4.02. The fraction of sp³-hybridized carbons (Fsp3) is 0.533. The summed E-state index contributed by atoms with van der Waals surface area (Å²) >= 11 is 0. The lowest BCUT2D eigenvalue weighted by atomic mass is 10.0. The van der Waals surface area contributed by atoms with Crippen LogP contribution < -0.4 is 10.2 Å². The van der Waals surface area contributed by atoms with Gasteiger partial charge in [0.15, 0.2) is 0 Å². The zero-order valence-electron chi connectivity index (χ0n) is 11.8. The van der Waals surface area contributed by atoms with E-state index in [4.69, 9.17) is 5.26 Å². The Kier molecular flexibility index (Phi) is 5.67. The van der Waals surface area contributed by atoms with Gasteiger partial charge in [-0.25, -0.2) is 0 Å². The Morgan fingerprint density at radius 1 is 1.33 bits per heavy atom. The summed E-state index contributed by atoms with van der Waals surface area (Å²) in [5.41, 5.74) is 2.47. The summed E-state index contributed by atoms with van der Waals surface area (Å²) in [5.74, 6) is 0. The van der Waals surface area contributed by atoms with Crippen molar-refractivity contribution in [2.75, 3.05) is 19.0 Å². The Labute approximate surface area is 110 Å². The Balaban J connectivity index is 2.79. The van der Waals surface area contributed by atoms with Crippen molar-refractivity contribution in [1.82, 2.24) is 5.32 Å². The van der Waals surface area contributed by atoms with Crippen LogP contribution in [0.25, 0.3) is 0 Å². The first-order valence-electron chi connectivity index (χ1n) is 6.51. The Hall–Kier alpha value is -1.53. The van der Waals surface area contributed by atoms with Crippen LogP contribution in [0.3, 0.4) is 0 Å². The van der Waals surface area contributed by atoms with Crippen molar-refractivity contribution in [2.24, 2.45) is 0 Å². The lowest BCUT2D eigenvalue weighted by Gasteiger charge is -2.26. The number of nitriles is 1. The summed E-state index contributed by atoms with van der Waals surface area (Å²) in [5, 5.41) is 12.0. The van der Waals surface area contributed by atoms with Crippen molar-refractivity contribution in [3.8, 4) is 6.07 Å². The van der Waals surface area contributed by atoms with Crippen LogP contribution in [0, 0.1) is 11.3 Å². The zero-order chi connectivity index (χ0) is 13.5. The molecule has 0 radical (unpaired) electrons. The molecule has 3 nitrogen and oxygen atoms in total. The first kappa shape index (κ1) is 14.5. The molecule has 1 aromatic rings. The number of rotatable bonds is 6. The molecule has 0 spiro atoms. The second-order valence-electron chi connectivity index (χ2n) is 4.66. The molecule has 0 aliphatic heterocycles. The fourth-order valence-corrected chi connectivity index (χ4v) is 2.07. The molecule has 0 heterocycles. The van der Waals surface area contributed by atoms with Gasteiger partial charge in [-0.05, 0) is 38.1 Å². The smallest absolute Gasteiger partial charge is 0.0643 e. The van der Waals surface area contributed by atoms with E-state index in [1.165, 1.54) is 5.56 Å². The van der Waals surface area contributed by atoms with Gasteiger partial charge in [0.1, 0.15) is 0 Å². The quantitative estimate of drug-likeness (QED) is 0.837. The molecule has 0 bridgehead atoms. The van der Waals surface area contributed by atoms with Crippen molar-refractivity contribution in [1.29, 1.82) is 5.26 Å². The third-order valence-electron chi connectivity index (χ3n) is 3.51. The summed E-state index contributed by atoms with van der Waals surface area (Å²) in [6.45, 7) is 4.25. The molecule has 0 aromatic heterocycles. The van der Waals surface area contributed by atoms with Crippen molar-refractivity contribution < 1.29 is 0 Å². The molecule has 0 aliphatic carbocycles. The largest absolute Gasteiger partial charge is 0.371 e. The molecule has 0 saturated heterocycles. The van der Waals surface area contributed by atoms with E-state index in [9.17, 15) is 0 Å². The van der Waals surface area contributed by atoms with Gasteiger partial charge in [-0.1, -0.05) is 19.1 Å². The molecule has 98 valence electrons. The van der Waals surface area contributed by atoms with Crippen molar-refractivity contribution in [3.05, 3.63) is 29.8 Å². The van der Waals surface area contributed by atoms with Gasteiger partial charge >= 0.3 is 0 Å². The van der Waals surface area contributed by atoms with E-state index in [2.05, 4.69) is 54.4 Å². The lowest BCUT2D eigenvalue weighted by molar-refractivity contribution is 0.577. The first-order chi connectivity index (χ1) is 8.63. The predicted molar refractivity (Wildman–Crippen MR) is 76.6 cm³/mol. The molecular formula is C15H23N3. The van der Waals surface area contributed by atoms with E-state index in [-0.39, 0.29) is 6.04 Å². The van der Waals surface area contributed by atoms with Crippen LogP contribution in [0.2, 0.25) is 0 Å². The molecule has 0 saturated carbocycles. The molecule has 0 amide bonds. The maximum absolute atomic E-state index is 8.73. The monoisotopic (exact) mass is 245 g/mol. The van der Waals surface area contributed by atoms with Crippen LogP contribution in [-0.2, 0) is 0 Å². The molecule has 1 N–H and O–H groups in total. The zero-order valence-corrected chi connectivity index (χ0v) is 11.8. The van der Waals surface area contributed by atoms with Gasteiger partial charge in [0.25, 0.3) is 0 Å². The standard InChI is InChI=1S/C15H23N3/c1-5-15(17-3)13-6-8-14(9-7-13)18(4)12(2)10-11-16/h6-9,12,15,17H,5,10H2,1-4H3. The summed E-state index contributed by atoms with van der Waals surface area (Å²) in [6, 6.07) is 11.5. The minimum absolute atomic E-state index is 0.243. The summed E-state index contributed by atoms with van der Waals surface area (Å²) < 4.78 is 0.